The third kappa shape index (κ3) is 3.22. The minimum absolute atomic E-state index is 0.00492. The molecule has 1 fully saturated rings. The van der Waals surface area contributed by atoms with Crippen LogP contribution in [0.5, 0.6) is 0 Å². The maximum absolute atomic E-state index is 12.7. The van der Waals surface area contributed by atoms with E-state index in [1.165, 1.54) is 12.8 Å². The zero-order chi connectivity index (χ0) is 14.8. The Hall–Kier alpha value is -1.51. The third-order valence-corrected chi connectivity index (χ3v) is 4.93. The van der Waals surface area contributed by atoms with Crippen molar-refractivity contribution in [3.63, 3.8) is 0 Å². The number of carbonyl (C=O) groups excluding carboxylic acids is 1. The first kappa shape index (κ1) is 14.4. The number of carbonyl (C=O) groups is 1. The molecule has 0 aromatic heterocycles. The summed E-state index contributed by atoms with van der Waals surface area (Å²) >= 11 is 0. The molecule has 1 amide bonds. The molecular formula is C18H26N2O. The Balaban J connectivity index is 1.72. The van der Waals surface area contributed by atoms with Crippen molar-refractivity contribution < 1.29 is 4.79 Å². The highest BCUT2D eigenvalue weighted by Gasteiger charge is 2.31. The van der Waals surface area contributed by atoms with E-state index in [2.05, 4.69) is 36.6 Å². The smallest absolute Gasteiger partial charge is 0.227 e. The lowest BCUT2D eigenvalue weighted by atomic mass is 9.84. The van der Waals surface area contributed by atoms with Crippen LogP contribution in [0.15, 0.2) is 24.3 Å². The largest absolute Gasteiger partial charge is 0.382 e. The van der Waals surface area contributed by atoms with E-state index in [0.29, 0.717) is 12.1 Å². The molecule has 1 aromatic carbocycles. The van der Waals surface area contributed by atoms with Gasteiger partial charge in [-0.1, -0.05) is 38.0 Å². The molecule has 2 N–H and O–H groups in total. The van der Waals surface area contributed by atoms with Crippen LogP contribution in [-0.2, 0) is 4.79 Å². The van der Waals surface area contributed by atoms with Gasteiger partial charge in [0.2, 0.25) is 5.91 Å². The number of rotatable bonds is 2. The van der Waals surface area contributed by atoms with Crippen molar-refractivity contribution in [1.82, 2.24) is 5.32 Å². The van der Waals surface area contributed by atoms with Crippen molar-refractivity contribution in [3.05, 3.63) is 29.8 Å². The van der Waals surface area contributed by atoms with Crippen molar-refractivity contribution in [3.8, 4) is 0 Å². The molecule has 0 saturated heterocycles. The number of nitrogens with one attached hydrogen (secondary N) is 2. The average molecular weight is 286 g/mol. The van der Waals surface area contributed by atoms with Gasteiger partial charge in [0.1, 0.15) is 0 Å². The molecule has 0 bridgehead atoms. The standard InChI is InChI=1S/C18H26N2O/c1-12-6-5-7-14(10-12)20-18(21)16-11-13(2)19-17-9-4-3-8-15(16)17/h3-4,8-9,12-14,16,19H,5-7,10-11H2,1-2H3,(H,20,21). The highest BCUT2D eigenvalue weighted by Crippen LogP contribution is 2.34. The second-order valence-electron chi connectivity index (χ2n) is 6.90. The van der Waals surface area contributed by atoms with Crippen molar-refractivity contribution in [2.45, 2.75) is 64.0 Å². The van der Waals surface area contributed by atoms with Crippen LogP contribution in [0.4, 0.5) is 5.69 Å². The molecule has 1 aliphatic carbocycles. The highest BCUT2D eigenvalue weighted by atomic mass is 16.1. The third-order valence-electron chi connectivity index (χ3n) is 4.93. The molecule has 3 heteroatoms. The zero-order valence-electron chi connectivity index (χ0n) is 13.1. The van der Waals surface area contributed by atoms with E-state index in [4.69, 9.17) is 0 Å². The van der Waals surface area contributed by atoms with E-state index < -0.39 is 0 Å². The molecular weight excluding hydrogens is 260 g/mol. The van der Waals surface area contributed by atoms with Crippen LogP contribution in [0.3, 0.4) is 0 Å². The van der Waals surface area contributed by atoms with E-state index in [1.807, 2.05) is 12.1 Å². The lowest BCUT2D eigenvalue weighted by Crippen LogP contribution is -2.42. The monoisotopic (exact) mass is 286 g/mol. The number of amides is 1. The topological polar surface area (TPSA) is 41.1 Å². The van der Waals surface area contributed by atoms with Gasteiger partial charge in [-0.15, -0.1) is 0 Å². The Morgan fingerprint density at radius 3 is 2.81 bits per heavy atom. The van der Waals surface area contributed by atoms with Crippen LogP contribution in [0.1, 0.15) is 57.4 Å². The summed E-state index contributed by atoms with van der Waals surface area (Å²) in [6, 6.07) is 8.94. The average Bonchev–Trinajstić information content (AvgIpc) is 2.46. The van der Waals surface area contributed by atoms with E-state index in [0.717, 1.165) is 36.4 Å². The first-order chi connectivity index (χ1) is 10.1. The van der Waals surface area contributed by atoms with Gasteiger partial charge < -0.3 is 10.6 Å². The number of benzene rings is 1. The van der Waals surface area contributed by atoms with Crippen LogP contribution < -0.4 is 10.6 Å². The normalized spacial score (nSPS) is 31.9. The summed E-state index contributed by atoms with van der Waals surface area (Å²) in [6.45, 7) is 4.44. The van der Waals surface area contributed by atoms with Gasteiger partial charge in [-0.3, -0.25) is 4.79 Å². The van der Waals surface area contributed by atoms with Gasteiger partial charge in [-0.05, 0) is 43.7 Å². The van der Waals surface area contributed by atoms with Crippen LogP contribution in [0, 0.1) is 5.92 Å². The van der Waals surface area contributed by atoms with Gasteiger partial charge in [-0.25, -0.2) is 0 Å². The van der Waals surface area contributed by atoms with Crippen molar-refractivity contribution in [1.29, 1.82) is 0 Å². The van der Waals surface area contributed by atoms with Gasteiger partial charge in [0, 0.05) is 17.8 Å². The number of para-hydroxylation sites is 1. The molecule has 3 rings (SSSR count). The number of hydrogen-bond donors (Lipinski definition) is 2. The van der Waals surface area contributed by atoms with E-state index in [-0.39, 0.29) is 11.8 Å². The molecule has 114 valence electrons. The van der Waals surface area contributed by atoms with E-state index in [1.54, 1.807) is 0 Å². The van der Waals surface area contributed by atoms with Crippen molar-refractivity contribution >= 4 is 11.6 Å². The summed E-state index contributed by atoms with van der Waals surface area (Å²) in [5.74, 6) is 0.952. The first-order valence-electron chi connectivity index (χ1n) is 8.29. The second kappa shape index (κ2) is 6.08. The molecule has 2 aliphatic rings. The van der Waals surface area contributed by atoms with E-state index >= 15 is 0 Å². The number of anilines is 1. The predicted molar refractivity (Wildman–Crippen MR) is 86.4 cm³/mol. The summed E-state index contributed by atoms with van der Waals surface area (Å²) < 4.78 is 0. The fraction of sp³-hybridized carbons (Fsp3) is 0.611. The maximum Gasteiger partial charge on any atom is 0.227 e. The Labute approximate surface area is 127 Å². The van der Waals surface area contributed by atoms with E-state index in [9.17, 15) is 4.79 Å². The van der Waals surface area contributed by atoms with Gasteiger partial charge in [0.25, 0.3) is 0 Å². The molecule has 1 saturated carbocycles. The quantitative estimate of drug-likeness (QED) is 0.871. The van der Waals surface area contributed by atoms with Crippen LogP contribution in [-0.4, -0.2) is 18.0 Å². The van der Waals surface area contributed by atoms with Crippen LogP contribution in [0.2, 0.25) is 0 Å². The van der Waals surface area contributed by atoms with Crippen LogP contribution in [0.25, 0.3) is 0 Å². The summed E-state index contributed by atoms with van der Waals surface area (Å²) in [5.41, 5.74) is 2.27. The summed E-state index contributed by atoms with van der Waals surface area (Å²) in [6.07, 6.45) is 5.70. The Bertz CT molecular complexity index is 514. The molecule has 4 atom stereocenters. The Morgan fingerprint density at radius 1 is 1.19 bits per heavy atom. The fourth-order valence-electron chi connectivity index (χ4n) is 3.85. The molecule has 0 spiro atoms. The SMILES string of the molecule is CC1CCCC(NC(=O)C2CC(C)Nc3ccccc32)C1. The summed E-state index contributed by atoms with van der Waals surface area (Å²) in [4.78, 5) is 12.7. The fourth-order valence-corrected chi connectivity index (χ4v) is 3.85. The summed E-state index contributed by atoms with van der Waals surface area (Å²) in [7, 11) is 0. The minimum atomic E-state index is -0.00492. The lowest BCUT2D eigenvalue weighted by molar-refractivity contribution is -0.123. The van der Waals surface area contributed by atoms with Crippen molar-refractivity contribution in [2.24, 2.45) is 5.92 Å². The molecule has 0 radical (unpaired) electrons. The van der Waals surface area contributed by atoms with Gasteiger partial charge in [0.15, 0.2) is 0 Å². The molecule has 3 nitrogen and oxygen atoms in total. The second-order valence-corrected chi connectivity index (χ2v) is 6.90. The molecule has 1 heterocycles. The predicted octanol–water partition coefficient (Wildman–Crippen LogP) is 3.67. The van der Waals surface area contributed by atoms with Gasteiger partial charge in [-0.2, -0.15) is 0 Å². The summed E-state index contributed by atoms with van der Waals surface area (Å²) in [5, 5.41) is 6.79. The molecule has 4 unspecified atom stereocenters. The van der Waals surface area contributed by atoms with Crippen LogP contribution >= 0.6 is 0 Å². The maximum atomic E-state index is 12.7. The Kier molecular flexibility index (Phi) is 4.18. The van der Waals surface area contributed by atoms with Crippen molar-refractivity contribution in [2.75, 3.05) is 5.32 Å². The molecule has 1 aromatic rings. The Morgan fingerprint density at radius 2 is 2.00 bits per heavy atom. The van der Waals surface area contributed by atoms with Gasteiger partial charge >= 0.3 is 0 Å². The zero-order valence-corrected chi connectivity index (χ0v) is 13.1. The highest BCUT2D eigenvalue weighted by molar-refractivity contribution is 5.86. The van der Waals surface area contributed by atoms with Gasteiger partial charge in [0.05, 0.1) is 5.92 Å². The lowest BCUT2D eigenvalue weighted by Gasteiger charge is -2.33. The number of hydrogen-bond acceptors (Lipinski definition) is 2. The molecule has 21 heavy (non-hydrogen) atoms. The number of fused-ring (bicyclic) bond motifs is 1. The minimum Gasteiger partial charge on any atom is -0.382 e. The molecule has 1 aliphatic heterocycles. The first-order valence-corrected chi connectivity index (χ1v) is 8.29.